The highest BCUT2D eigenvalue weighted by Gasteiger charge is 2.30. The lowest BCUT2D eigenvalue weighted by Crippen LogP contribution is -2.09. The van der Waals surface area contributed by atoms with Crippen molar-refractivity contribution < 1.29 is 9.59 Å². The van der Waals surface area contributed by atoms with Crippen molar-refractivity contribution in [1.29, 1.82) is 0 Å². The zero-order chi connectivity index (χ0) is 10.8. The highest BCUT2D eigenvalue weighted by atomic mass is 35.5. The number of halogens is 1. The molecule has 0 N–H and O–H groups in total. The van der Waals surface area contributed by atoms with Crippen LogP contribution in [0.3, 0.4) is 0 Å². The van der Waals surface area contributed by atoms with Crippen molar-refractivity contribution in [3.63, 3.8) is 0 Å². The van der Waals surface area contributed by atoms with Gasteiger partial charge in [-0.3, -0.25) is 9.59 Å². The summed E-state index contributed by atoms with van der Waals surface area (Å²) in [5.74, 6) is 0.0221. The van der Waals surface area contributed by atoms with E-state index in [1.54, 1.807) is 24.3 Å². The second-order valence-corrected chi connectivity index (χ2v) is 4.23. The molecule has 0 bridgehead atoms. The minimum Gasteiger partial charge on any atom is -0.299 e. The molecular weight excluding hydrogens is 212 g/mol. The first kappa shape index (κ1) is 10.4. The molecule has 0 spiro atoms. The molecular formula is C12H11ClO2. The van der Waals surface area contributed by atoms with Crippen molar-refractivity contribution >= 4 is 23.2 Å². The van der Waals surface area contributed by atoms with E-state index in [9.17, 15) is 9.59 Å². The molecule has 0 radical (unpaired) electrons. The molecule has 0 aromatic heterocycles. The third-order valence-corrected chi connectivity index (χ3v) is 2.87. The van der Waals surface area contributed by atoms with Crippen LogP contribution in [0.1, 0.15) is 29.6 Å². The molecule has 1 aromatic rings. The number of hydrogen-bond acceptors (Lipinski definition) is 2. The van der Waals surface area contributed by atoms with Gasteiger partial charge in [0.25, 0.3) is 0 Å². The van der Waals surface area contributed by atoms with Crippen molar-refractivity contribution in [2.45, 2.75) is 19.3 Å². The second kappa shape index (κ2) is 4.15. The average molecular weight is 223 g/mol. The number of benzene rings is 1. The molecule has 78 valence electrons. The number of hydrogen-bond donors (Lipinski definition) is 0. The fraction of sp³-hybridized carbons (Fsp3) is 0.333. The van der Waals surface area contributed by atoms with Crippen LogP contribution in [-0.2, 0) is 4.79 Å². The minimum atomic E-state index is -0.169. The molecule has 1 saturated carbocycles. The lowest BCUT2D eigenvalue weighted by molar-refractivity contribution is -0.119. The summed E-state index contributed by atoms with van der Waals surface area (Å²) in [5.41, 5.74) is 0.452. The Hall–Kier alpha value is -1.15. The van der Waals surface area contributed by atoms with Crippen LogP contribution in [0.15, 0.2) is 24.3 Å². The first-order valence-corrected chi connectivity index (χ1v) is 5.36. The van der Waals surface area contributed by atoms with Crippen molar-refractivity contribution in [2.75, 3.05) is 0 Å². The van der Waals surface area contributed by atoms with Gasteiger partial charge in [0, 0.05) is 11.5 Å². The van der Waals surface area contributed by atoms with Crippen LogP contribution in [0.4, 0.5) is 0 Å². The number of ketones is 2. The van der Waals surface area contributed by atoms with E-state index in [0.29, 0.717) is 10.6 Å². The van der Waals surface area contributed by atoms with Crippen molar-refractivity contribution in [1.82, 2.24) is 0 Å². The fourth-order valence-corrected chi connectivity index (χ4v) is 1.73. The van der Waals surface area contributed by atoms with Gasteiger partial charge in [-0.15, -0.1) is 0 Å². The zero-order valence-corrected chi connectivity index (χ0v) is 8.96. The van der Waals surface area contributed by atoms with Crippen LogP contribution in [0, 0.1) is 5.92 Å². The van der Waals surface area contributed by atoms with Crippen LogP contribution in [0.25, 0.3) is 0 Å². The monoisotopic (exact) mass is 222 g/mol. The van der Waals surface area contributed by atoms with Gasteiger partial charge in [0.2, 0.25) is 0 Å². The van der Waals surface area contributed by atoms with Gasteiger partial charge < -0.3 is 0 Å². The van der Waals surface area contributed by atoms with Crippen LogP contribution in [0.2, 0.25) is 5.02 Å². The standard InChI is InChI=1S/C12H11ClO2/c13-10-4-2-1-3-9(10)12(15)7-11(14)8-5-6-8/h1-4,8H,5-7H2. The number of Topliss-reactive ketones (excluding diaryl/α,β-unsaturated/α-hetero) is 2. The maximum atomic E-state index is 11.7. The summed E-state index contributed by atoms with van der Waals surface area (Å²) in [4.78, 5) is 23.1. The van der Waals surface area contributed by atoms with Crippen molar-refractivity contribution in [2.24, 2.45) is 5.92 Å². The van der Waals surface area contributed by atoms with Gasteiger partial charge in [0.05, 0.1) is 11.4 Å². The average Bonchev–Trinajstić information content (AvgIpc) is 3.01. The Kier molecular flexibility index (Phi) is 2.87. The number of carbonyl (C=O) groups excluding carboxylic acids is 2. The van der Waals surface area contributed by atoms with Crippen LogP contribution >= 0.6 is 11.6 Å². The third kappa shape index (κ3) is 2.45. The van der Waals surface area contributed by atoms with Gasteiger partial charge in [0.15, 0.2) is 5.78 Å². The SMILES string of the molecule is O=C(CC(=O)C1CC1)c1ccccc1Cl. The zero-order valence-electron chi connectivity index (χ0n) is 8.20. The molecule has 0 amide bonds. The van der Waals surface area contributed by atoms with E-state index in [-0.39, 0.29) is 23.9 Å². The Morgan fingerprint density at radius 3 is 2.53 bits per heavy atom. The second-order valence-electron chi connectivity index (χ2n) is 3.82. The van der Waals surface area contributed by atoms with Gasteiger partial charge >= 0.3 is 0 Å². The maximum absolute atomic E-state index is 11.7. The number of carbonyl (C=O) groups is 2. The van der Waals surface area contributed by atoms with E-state index < -0.39 is 0 Å². The van der Waals surface area contributed by atoms with Crippen LogP contribution < -0.4 is 0 Å². The first-order chi connectivity index (χ1) is 7.18. The van der Waals surface area contributed by atoms with Crippen LogP contribution in [-0.4, -0.2) is 11.6 Å². The molecule has 2 nitrogen and oxygen atoms in total. The summed E-state index contributed by atoms with van der Waals surface area (Å²) in [6.07, 6.45) is 1.87. The summed E-state index contributed by atoms with van der Waals surface area (Å²) in [6, 6.07) is 6.84. The molecule has 0 saturated heterocycles. The van der Waals surface area contributed by atoms with Crippen LogP contribution in [0.5, 0.6) is 0 Å². The van der Waals surface area contributed by atoms with E-state index >= 15 is 0 Å². The minimum absolute atomic E-state index is 0.00556. The predicted molar refractivity (Wildman–Crippen MR) is 58.1 cm³/mol. The Morgan fingerprint density at radius 2 is 1.93 bits per heavy atom. The molecule has 3 heteroatoms. The first-order valence-electron chi connectivity index (χ1n) is 4.99. The van der Waals surface area contributed by atoms with Gasteiger partial charge in [0.1, 0.15) is 5.78 Å². The van der Waals surface area contributed by atoms with Gasteiger partial charge in [-0.25, -0.2) is 0 Å². The Labute approximate surface area is 93.2 Å². The lowest BCUT2D eigenvalue weighted by Gasteiger charge is -2.01. The predicted octanol–water partition coefficient (Wildman–Crippen LogP) is 2.89. The normalized spacial score (nSPS) is 15.0. The molecule has 0 heterocycles. The Morgan fingerprint density at radius 1 is 1.27 bits per heavy atom. The topological polar surface area (TPSA) is 34.1 Å². The van der Waals surface area contributed by atoms with Crippen molar-refractivity contribution in [3.05, 3.63) is 34.9 Å². The molecule has 1 aliphatic carbocycles. The van der Waals surface area contributed by atoms with Crippen molar-refractivity contribution in [3.8, 4) is 0 Å². The summed E-state index contributed by atoms with van der Waals surface area (Å²) in [5, 5.41) is 0.422. The smallest absolute Gasteiger partial charge is 0.171 e. The Balaban J connectivity index is 2.07. The largest absolute Gasteiger partial charge is 0.299 e. The molecule has 0 atom stereocenters. The van der Waals surface area contributed by atoms with E-state index in [1.165, 1.54) is 0 Å². The summed E-state index contributed by atoms with van der Waals surface area (Å²) >= 11 is 5.87. The van der Waals surface area contributed by atoms with E-state index in [1.807, 2.05) is 0 Å². The van der Waals surface area contributed by atoms with E-state index in [2.05, 4.69) is 0 Å². The molecule has 2 rings (SSSR count). The highest BCUT2D eigenvalue weighted by Crippen LogP contribution is 2.31. The molecule has 0 aliphatic heterocycles. The Bertz CT molecular complexity index is 408. The highest BCUT2D eigenvalue weighted by molar-refractivity contribution is 6.34. The van der Waals surface area contributed by atoms with Gasteiger partial charge in [-0.1, -0.05) is 23.7 Å². The maximum Gasteiger partial charge on any atom is 0.171 e. The molecule has 15 heavy (non-hydrogen) atoms. The van der Waals surface area contributed by atoms with E-state index in [0.717, 1.165) is 12.8 Å². The number of rotatable bonds is 4. The molecule has 0 unspecified atom stereocenters. The van der Waals surface area contributed by atoms with E-state index in [4.69, 9.17) is 11.6 Å². The summed E-state index contributed by atoms with van der Waals surface area (Å²) in [7, 11) is 0. The molecule has 1 aromatic carbocycles. The summed E-state index contributed by atoms with van der Waals surface area (Å²) < 4.78 is 0. The molecule has 1 fully saturated rings. The quantitative estimate of drug-likeness (QED) is 0.580. The van der Waals surface area contributed by atoms with Gasteiger partial charge in [-0.2, -0.15) is 0 Å². The van der Waals surface area contributed by atoms with Gasteiger partial charge in [-0.05, 0) is 25.0 Å². The lowest BCUT2D eigenvalue weighted by atomic mass is 10.0. The fourth-order valence-electron chi connectivity index (χ4n) is 1.49. The molecule has 1 aliphatic rings. The third-order valence-electron chi connectivity index (χ3n) is 2.54. The summed E-state index contributed by atoms with van der Waals surface area (Å²) in [6.45, 7) is 0.